The molecule has 0 aliphatic carbocycles. The molecule has 0 spiro atoms. The lowest BCUT2D eigenvalue weighted by Crippen LogP contribution is -2.27. The first kappa shape index (κ1) is 19.3. The maximum Gasteiger partial charge on any atom is 0.264 e. The Morgan fingerprint density at radius 2 is 1.76 bits per heavy atom. The molecule has 148 valence electrons. The minimum absolute atomic E-state index is 0.0111. The van der Waals surface area contributed by atoms with Crippen LogP contribution in [0.15, 0.2) is 65.6 Å². The maximum atomic E-state index is 13.1. The third-order valence-corrected chi connectivity index (χ3v) is 6.65. The highest BCUT2D eigenvalue weighted by Crippen LogP contribution is 2.38. The summed E-state index contributed by atoms with van der Waals surface area (Å²) < 4.78 is 33.2. The average Bonchev–Trinajstić information content (AvgIpc) is 2.82. The smallest absolute Gasteiger partial charge is 0.264 e. The fraction of sp³-hybridized carbons (Fsp3) is 0.0952. The van der Waals surface area contributed by atoms with E-state index in [1.54, 1.807) is 36.4 Å². The molecular weight excluding hydrogens is 412 g/mol. The van der Waals surface area contributed by atoms with Crippen molar-refractivity contribution < 1.29 is 17.9 Å². The van der Waals surface area contributed by atoms with Crippen molar-refractivity contribution in [3.63, 3.8) is 0 Å². The lowest BCUT2D eigenvalue weighted by atomic mass is 10.2. The molecule has 1 aliphatic rings. The van der Waals surface area contributed by atoms with Crippen molar-refractivity contribution in [2.24, 2.45) is 0 Å². The first-order valence-electron chi connectivity index (χ1n) is 8.74. The van der Waals surface area contributed by atoms with Gasteiger partial charge in [-0.2, -0.15) is 0 Å². The summed E-state index contributed by atoms with van der Waals surface area (Å²) in [6, 6.07) is 16.3. The van der Waals surface area contributed by atoms with Gasteiger partial charge in [0.15, 0.2) is 5.75 Å². The van der Waals surface area contributed by atoms with Crippen LogP contribution in [0.4, 0.5) is 11.4 Å². The summed E-state index contributed by atoms with van der Waals surface area (Å²) >= 11 is 5.99. The molecule has 0 saturated heterocycles. The largest absolute Gasteiger partial charge is 0.454 e. The molecule has 29 heavy (non-hydrogen) atoms. The molecule has 4 rings (SSSR count). The molecule has 0 fully saturated rings. The zero-order chi connectivity index (χ0) is 20.8. The summed E-state index contributed by atoms with van der Waals surface area (Å²) in [6.45, 7) is 1.89. The van der Waals surface area contributed by atoms with E-state index in [1.165, 1.54) is 29.6 Å². The number of nitrogens with one attached hydrogen (secondary N) is 1. The van der Waals surface area contributed by atoms with Gasteiger partial charge in [-0.1, -0.05) is 23.7 Å². The number of amides is 1. The van der Waals surface area contributed by atoms with Gasteiger partial charge in [-0.15, -0.1) is 0 Å². The summed E-state index contributed by atoms with van der Waals surface area (Å²) in [4.78, 5) is 12.7. The number of benzene rings is 3. The second kappa shape index (κ2) is 7.09. The van der Waals surface area contributed by atoms with Crippen molar-refractivity contribution in [3.05, 3.63) is 76.8 Å². The Hall–Kier alpha value is -3.03. The Kier molecular flexibility index (Phi) is 4.72. The Labute approximate surface area is 173 Å². The molecule has 3 aromatic rings. The summed E-state index contributed by atoms with van der Waals surface area (Å²) in [5.74, 6) is 0.214. The standard InChI is InChI=1S/C21H17ClN2O4S/c1-13-4-3-5-15(10-13)24(2)29(26,27)16-7-9-19-17(12-16)21(25)23-18-11-14(22)6-8-20(18)28-19/h3-12H,1-2H3,(H,23,25). The van der Waals surface area contributed by atoms with Crippen molar-refractivity contribution >= 4 is 38.9 Å². The normalized spacial score (nSPS) is 12.9. The Morgan fingerprint density at radius 1 is 1.00 bits per heavy atom. The third kappa shape index (κ3) is 3.54. The highest BCUT2D eigenvalue weighted by atomic mass is 35.5. The predicted molar refractivity (Wildman–Crippen MR) is 113 cm³/mol. The number of rotatable bonds is 3. The van der Waals surface area contributed by atoms with E-state index in [4.69, 9.17) is 16.3 Å². The zero-order valence-corrected chi connectivity index (χ0v) is 17.2. The molecule has 0 bridgehead atoms. The molecule has 0 atom stereocenters. The van der Waals surface area contributed by atoms with Crippen LogP contribution in [0, 0.1) is 6.92 Å². The quantitative estimate of drug-likeness (QED) is 0.648. The third-order valence-electron chi connectivity index (χ3n) is 4.63. The van der Waals surface area contributed by atoms with Gasteiger partial charge < -0.3 is 10.1 Å². The number of halogens is 1. The SMILES string of the molecule is Cc1cccc(N(C)S(=O)(=O)c2ccc3c(c2)C(=O)Nc2cc(Cl)ccc2O3)c1. The molecule has 0 aromatic heterocycles. The number of aryl methyl sites for hydroxylation is 1. The highest BCUT2D eigenvalue weighted by Gasteiger charge is 2.27. The van der Waals surface area contributed by atoms with Gasteiger partial charge in [-0.05, 0) is 61.0 Å². The minimum atomic E-state index is -3.88. The van der Waals surface area contributed by atoms with Gasteiger partial charge in [-0.3, -0.25) is 9.10 Å². The first-order chi connectivity index (χ1) is 13.8. The van der Waals surface area contributed by atoms with Crippen LogP contribution in [-0.4, -0.2) is 21.4 Å². The number of hydrogen-bond acceptors (Lipinski definition) is 4. The monoisotopic (exact) mass is 428 g/mol. The van der Waals surface area contributed by atoms with E-state index < -0.39 is 15.9 Å². The number of ether oxygens (including phenoxy) is 1. The van der Waals surface area contributed by atoms with Crippen LogP contribution in [0.2, 0.25) is 5.02 Å². The molecular formula is C21H17ClN2O4S. The Morgan fingerprint density at radius 3 is 2.52 bits per heavy atom. The van der Waals surface area contributed by atoms with Crippen LogP contribution in [0.5, 0.6) is 11.5 Å². The molecule has 0 unspecified atom stereocenters. The minimum Gasteiger partial charge on any atom is -0.454 e. The van der Waals surface area contributed by atoms with E-state index in [0.717, 1.165) is 5.56 Å². The molecule has 1 N–H and O–H groups in total. The fourth-order valence-electron chi connectivity index (χ4n) is 3.05. The van der Waals surface area contributed by atoms with Gasteiger partial charge in [0, 0.05) is 12.1 Å². The van der Waals surface area contributed by atoms with Gasteiger partial charge in [0.2, 0.25) is 0 Å². The molecule has 1 amide bonds. The van der Waals surface area contributed by atoms with Crippen molar-refractivity contribution in [1.29, 1.82) is 0 Å². The van der Waals surface area contributed by atoms with E-state index in [0.29, 0.717) is 22.1 Å². The van der Waals surface area contributed by atoms with Gasteiger partial charge in [-0.25, -0.2) is 8.42 Å². The topological polar surface area (TPSA) is 75.7 Å². The van der Waals surface area contributed by atoms with Crippen molar-refractivity contribution in [2.45, 2.75) is 11.8 Å². The van der Waals surface area contributed by atoms with Crippen LogP contribution < -0.4 is 14.4 Å². The number of anilines is 2. The van der Waals surface area contributed by atoms with Crippen molar-refractivity contribution in [2.75, 3.05) is 16.7 Å². The van der Waals surface area contributed by atoms with Crippen LogP contribution in [-0.2, 0) is 10.0 Å². The van der Waals surface area contributed by atoms with Crippen LogP contribution in [0.1, 0.15) is 15.9 Å². The predicted octanol–water partition coefficient (Wildman–Crippen LogP) is 4.83. The van der Waals surface area contributed by atoms with Crippen LogP contribution >= 0.6 is 11.6 Å². The van der Waals surface area contributed by atoms with Gasteiger partial charge in [0.1, 0.15) is 5.75 Å². The molecule has 6 nitrogen and oxygen atoms in total. The van der Waals surface area contributed by atoms with E-state index in [9.17, 15) is 13.2 Å². The summed E-state index contributed by atoms with van der Waals surface area (Å²) in [6.07, 6.45) is 0. The van der Waals surface area contributed by atoms with Gasteiger partial charge in [0.25, 0.3) is 15.9 Å². The molecule has 1 heterocycles. The maximum absolute atomic E-state index is 13.1. The van der Waals surface area contributed by atoms with E-state index >= 15 is 0 Å². The number of nitrogens with zero attached hydrogens (tertiary/aromatic N) is 1. The lowest BCUT2D eigenvalue weighted by molar-refractivity contribution is 0.102. The Bertz CT molecular complexity index is 1240. The molecule has 0 radical (unpaired) electrons. The lowest BCUT2D eigenvalue weighted by Gasteiger charge is -2.20. The molecule has 3 aromatic carbocycles. The van der Waals surface area contributed by atoms with Gasteiger partial charge in [0.05, 0.1) is 21.8 Å². The summed E-state index contributed by atoms with van der Waals surface area (Å²) in [5.41, 5.74) is 2.01. The van der Waals surface area contributed by atoms with Crippen LogP contribution in [0.3, 0.4) is 0 Å². The second-order valence-electron chi connectivity index (χ2n) is 6.67. The second-order valence-corrected chi connectivity index (χ2v) is 9.07. The highest BCUT2D eigenvalue weighted by molar-refractivity contribution is 7.92. The molecule has 1 aliphatic heterocycles. The number of carbonyl (C=O) groups is 1. The number of carbonyl (C=O) groups excluding carboxylic acids is 1. The summed E-state index contributed by atoms with van der Waals surface area (Å²) in [7, 11) is -2.40. The van der Waals surface area contributed by atoms with E-state index in [1.807, 2.05) is 13.0 Å². The van der Waals surface area contributed by atoms with E-state index in [2.05, 4.69) is 5.32 Å². The molecule has 8 heteroatoms. The van der Waals surface area contributed by atoms with Crippen LogP contribution in [0.25, 0.3) is 0 Å². The number of fused-ring (bicyclic) bond motifs is 2. The fourth-order valence-corrected chi connectivity index (χ4v) is 4.44. The Balaban J connectivity index is 1.74. The number of hydrogen-bond donors (Lipinski definition) is 1. The first-order valence-corrected chi connectivity index (χ1v) is 10.6. The molecule has 0 saturated carbocycles. The summed E-state index contributed by atoms with van der Waals surface area (Å²) in [5, 5.41) is 3.16. The average molecular weight is 429 g/mol. The van der Waals surface area contributed by atoms with Crippen molar-refractivity contribution in [3.8, 4) is 11.5 Å². The number of sulfonamides is 1. The van der Waals surface area contributed by atoms with Gasteiger partial charge >= 0.3 is 0 Å². The van der Waals surface area contributed by atoms with E-state index in [-0.39, 0.29) is 16.2 Å². The zero-order valence-electron chi connectivity index (χ0n) is 15.6. The van der Waals surface area contributed by atoms with Crippen molar-refractivity contribution in [1.82, 2.24) is 0 Å².